The van der Waals surface area contributed by atoms with Crippen molar-refractivity contribution in [2.75, 3.05) is 139 Å². The first kappa shape index (κ1) is 69.5. The second-order valence-electron chi connectivity index (χ2n) is 19.9. The molecule has 23 nitrogen and oxygen atoms in total. The Bertz CT molecular complexity index is 1700. The molecule has 438 valence electrons. The molecule has 0 aromatic heterocycles. The minimum atomic E-state index is -1.20. The first-order valence-corrected chi connectivity index (χ1v) is 26.1. The third-order valence-electron chi connectivity index (χ3n) is 9.34. The highest BCUT2D eigenvalue weighted by atomic mass is 16.6. The molecule has 76 heavy (non-hydrogen) atoms. The molecule has 1 aromatic rings. The molecule has 0 saturated carbocycles. The zero-order chi connectivity index (χ0) is 56.3. The number of amides is 3. The normalized spacial score (nSPS) is 12.6. The molecule has 0 aliphatic heterocycles. The van der Waals surface area contributed by atoms with E-state index in [4.69, 9.17) is 66.3 Å². The van der Waals surface area contributed by atoms with Gasteiger partial charge in [0.1, 0.15) is 48.7 Å². The summed E-state index contributed by atoms with van der Waals surface area (Å²) in [5.74, 6) is -2.70. The molecular formula is C53H91N3O20. The van der Waals surface area contributed by atoms with Gasteiger partial charge in [-0.1, -0.05) is 30.3 Å². The van der Waals surface area contributed by atoms with E-state index in [2.05, 4.69) is 16.0 Å². The van der Waals surface area contributed by atoms with E-state index in [-0.39, 0.29) is 64.8 Å². The summed E-state index contributed by atoms with van der Waals surface area (Å²) < 4.78 is 76.0. The van der Waals surface area contributed by atoms with Crippen molar-refractivity contribution in [3.05, 3.63) is 35.9 Å². The molecular weight excluding hydrogens is 999 g/mol. The number of carbonyl (C=O) groups excluding carboxylic acids is 6. The molecule has 0 fully saturated rings. The van der Waals surface area contributed by atoms with E-state index in [1.807, 2.05) is 30.3 Å². The Morgan fingerprint density at radius 2 is 0.803 bits per heavy atom. The average molecular weight is 1090 g/mol. The maximum absolute atomic E-state index is 13.2. The molecule has 3 amide bonds. The van der Waals surface area contributed by atoms with Gasteiger partial charge >= 0.3 is 29.9 Å². The Kier molecular flexibility index (Phi) is 38.8. The van der Waals surface area contributed by atoms with E-state index in [1.54, 1.807) is 62.3 Å². The topological polar surface area (TPSA) is 268 Å². The van der Waals surface area contributed by atoms with Crippen molar-refractivity contribution in [2.45, 2.75) is 130 Å². The van der Waals surface area contributed by atoms with Gasteiger partial charge in [-0.2, -0.15) is 0 Å². The number of unbranched alkanes of at least 4 members (excludes halogenated alkanes) is 1. The molecule has 2 atom stereocenters. The highest BCUT2D eigenvalue weighted by Crippen LogP contribution is 2.15. The van der Waals surface area contributed by atoms with Crippen LogP contribution in [0.4, 0.5) is 4.79 Å². The smallest absolute Gasteiger partial charge is 0.332 e. The fourth-order valence-electron chi connectivity index (χ4n) is 5.99. The number of hydrogen-bond acceptors (Lipinski definition) is 20. The van der Waals surface area contributed by atoms with Gasteiger partial charge in [0.2, 0.25) is 5.91 Å². The lowest BCUT2D eigenvalue weighted by Crippen LogP contribution is -2.53. The predicted octanol–water partition coefficient (Wildman–Crippen LogP) is 4.02. The number of esters is 4. The van der Waals surface area contributed by atoms with Gasteiger partial charge in [-0.3, -0.25) is 9.59 Å². The van der Waals surface area contributed by atoms with Gasteiger partial charge < -0.3 is 82.3 Å². The maximum Gasteiger partial charge on any atom is 0.332 e. The van der Waals surface area contributed by atoms with Gasteiger partial charge in [-0.05, 0) is 93.6 Å². The minimum absolute atomic E-state index is 0.0901. The van der Waals surface area contributed by atoms with Gasteiger partial charge in [0.15, 0.2) is 0 Å². The fourth-order valence-corrected chi connectivity index (χ4v) is 5.99. The molecule has 0 radical (unpaired) electrons. The number of benzene rings is 1. The maximum atomic E-state index is 13.2. The van der Waals surface area contributed by atoms with Gasteiger partial charge in [0.05, 0.1) is 119 Å². The zero-order valence-electron chi connectivity index (χ0n) is 46.8. The summed E-state index contributed by atoms with van der Waals surface area (Å²) in [6.07, 6.45) is 0.848. The quantitative estimate of drug-likeness (QED) is 0.0473. The van der Waals surface area contributed by atoms with Crippen molar-refractivity contribution in [3.63, 3.8) is 0 Å². The summed E-state index contributed by atoms with van der Waals surface area (Å²) in [4.78, 5) is 75.7. The van der Waals surface area contributed by atoms with Crippen molar-refractivity contribution < 1.29 is 95.1 Å². The molecule has 0 bridgehead atoms. The van der Waals surface area contributed by atoms with Gasteiger partial charge in [-0.15, -0.1) is 0 Å². The number of nitrogens with one attached hydrogen (secondary N) is 3. The average Bonchev–Trinajstić information content (AvgIpc) is 3.33. The number of rotatable bonds is 45. The summed E-state index contributed by atoms with van der Waals surface area (Å²) in [7, 11) is 0. The fraction of sp³-hybridized carbons (Fsp3) is 0.774. The monoisotopic (exact) mass is 1090 g/mol. The van der Waals surface area contributed by atoms with Crippen molar-refractivity contribution >= 4 is 35.8 Å². The third kappa shape index (κ3) is 44.6. The van der Waals surface area contributed by atoms with Crippen LogP contribution >= 0.6 is 0 Å². The van der Waals surface area contributed by atoms with Crippen LogP contribution in [-0.2, 0) is 96.9 Å². The minimum Gasteiger partial charge on any atom is -0.460 e. The third-order valence-corrected chi connectivity index (χ3v) is 9.34. The van der Waals surface area contributed by atoms with Crippen LogP contribution in [0, 0.1) is 0 Å². The summed E-state index contributed by atoms with van der Waals surface area (Å²) in [5, 5.41) is 7.91. The van der Waals surface area contributed by atoms with Crippen LogP contribution in [0.25, 0.3) is 0 Å². The van der Waals surface area contributed by atoms with Crippen LogP contribution in [-0.4, -0.2) is 203 Å². The molecule has 23 heteroatoms. The summed E-state index contributed by atoms with van der Waals surface area (Å²) in [6.45, 7) is 22.5. The van der Waals surface area contributed by atoms with Crippen LogP contribution in [0.5, 0.6) is 0 Å². The molecule has 0 aliphatic rings. The highest BCUT2D eigenvalue weighted by molar-refractivity contribution is 5.87. The van der Waals surface area contributed by atoms with Crippen molar-refractivity contribution in [2.24, 2.45) is 0 Å². The van der Waals surface area contributed by atoms with Crippen molar-refractivity contribution in [1.29, 1.82) is 0 Å². The van der Waals surface area contributed by atoms with Crippen molar-refractivity contribution in [3.8, 4) is 0 Å². The van der Waals surface area contributed by atoms with Crippen LogP contribution in [0.3, 0.4) is 0 Å². The van der Waals surface area contributed by atoms with E-state index in [0.717, 1.165) is 5.56 Å². The predicted molar refractivity (Wildman–Crippen MR) is 277 cm³/mol. The molecule has 0 heterocycles. The van der Waals surface area contributed by atoms with Crippen LogP contribution in [0.2, 0.25) is 0 Å². The summed E-state index contributed by atoms with van der Waals surface area (Å²) in [5.41, 5.74) is -1.50. The van der Waals surface area contributed by atoms with Gasteiger partial charge in [-0.25, -0.2) is 19.2 Å². The molecule has 0 unspecified atom stereocenters. The van der Waals surface area contributed by atoms with E-state index in [1.165, 1.54) is 0 Å². The van der Waals surface area contributed by atoms with Gasteiger partial charge in [0.25, 0.3) is 0 Å². The number of urea groups is 1. The Hall–Kier alpha value is -4.56. The second-order valence-corrected chi connectivity index (χ2v) is 19.9. The van der Waals surface area contributed by atoms with E-state index < -0.39 is 58.8 Å². The van der Waals surface area contributed by atoms with Crippen LogP contribution in [0.15, 0.2) is 30.3 Å². The van der Waals surface area contributed by atoms with Crippen molar-refractivity contribution in [1.82, 2.24) is 16.0 Å². The lowest BCUT2D eigenvalue weighted by Gasteiger charge is -2.27. The summed E-state index contributed by atoms with van der Waals surface area (Å²) >= 11 is 0. The van der Waals surface area contributed by atoms with Gasteiger partial charge in [0, 0.05) is 13.0 Å². The lowest BCUT2D eigenvalue weighted by molar-refractivity contribution is -0.159. The molecule has 1 aromatic carbocycles. The molecule has 0 spiro atoms. The molecule has 0 aliphatic carbocycles. The Morgan fingerprint density at radius 3 is 1.20 bits per heavy atom. The van der Waals surface area contributed by atoms with Crippen LogP contribution in [0.1, 0.15) is 100.0 Å². The lowest BCUT2D eigenvalue weighted by atomic mass is 10.1. The number of ether oxygens (including phenoxy) is 14. The Labute approximate surface area is 450 Å². The Balaban J connectivity index is 2.01. The second kappa shape index (κ2) is 42.5. The SMILES string of the molecule is CC(C)(C)OC(=O)CC[C@H](NC(=O)N[C@@H](CCCCNC(=O)COCCOCCOCCOCCOCCOCCOCCOCCOCCOCC(=O)OCc1ccccc1)C(=O)OC(C)(C)C)C(=O)OC(C)(C)C. The largest absolute Gasteiger partial charge is 0.460 e. The number of carbonyl (C=O) groups is 6. The summed E-state index contributed by atoms with van der Waals surface area (Å²) in [6, 6.07) is 6.35. The van der Waals surface area contributed by atoms with E-state index >= 15 is 0 Å². The van der Waals surface area contributed by atoms with E-state index in [9.17, 15) is 28.8 Å². The highest BCUT2D eigenvalue weighted by Gasteiger charge is 2.31. The molecule has 0 saturated heterocycles. The molecule has 1 rings (SSSR count). The first-order chi connectivity index (χ1) is 36.1. The first-order valence-electron chi connectivity index (χ1n) is 26.1. The van der Waals surface area contributed by atoms with E-state index in [0.29, 0.717) is 118 Å². The Morgan fingerprint density at radius 1 is 0.434 bits per heavy atom. The number of hydrogen-bond donors (Lipinski definition) is 3. The molecule has 3 N–H and O–H groups in total. The standard InChI is InChI=1S/C53H91N3O20/c1-51(2,3)74-46(58)19-18-44(49(61)76-53(7,8)9)56-50(62)55-43(48(60)75-52(4,5)6)17-13-14-20-54-45(57)40-71-37-35-69-33-31-67-29-27-65-25-23-63-21-22-64-24-26-66-28-30-68-32-34-70-36-38-72-41-47(59)73-39-42-15-11-10-12-16-42/h10-12,15-16,43-44H,13-14,17-41H2,1-9H3,(H,54,57)(H2,55,56,62)/t43-,44-/m0/s1. The van der Waals surface area contributed by atoms with Crippen LogP contribution < -0.4 is 16.0 Å². The zero-order valence-corrected chi connectivity index (χ0v) is 46.8.